The Hall–Kier alpha value is -0.840. The third-order valence-electron chi connectivity index (χ3n) is 10.9. The van der Waals surface area contributed by atoms with Crippen molar-refractivity contribution in [2.45, 2.75) is 77.0 Å². The minimum absolute atomic E-state index is 0.106. The minimum Gasteiger partial charge on any atom is -0.290 e. The number of hydrogen-bond donors (Lipinski definition) is 0. The predicted octanol–water partition coefficient (Wildman–Crippen LogP) is 5.12. The largest absolute Gasteiger partial charge is 0.290 e. The van der Waals surface area contributed by atoms with Crippen LogP contribution in [0.5, 0.6) is 0 Å². The highest BCUT2D eigenvalue weighted by Gasteiger charge is 2.58. The Labute approximate surface area is 190 Å². The van der Waals surface area contributed by atoms with Gasteiger partial charge in [0.15, 0.2) is 5.17 Å². The molecule has 0 aromatic heterocycles. The van der Waals surface area contributed by atoms with E-state index in [-0.39, 0.29) is 17.2 Å². The van der Waals surface area contributed by atoms with E-state index in [2.05, 4.69) is 0 Å². The van der Waals surface area contributed by atoms with Crippen molar-refractivity contribution in [3.63, 3.8) is 0 Å². The van der Waals surface area contributed by atoms with Crippen LogP contribution in [0.1, 0.15) is 77.0 Å². The van der Waals surface area contributed by atoms with Crippen LogP contribution in [0, 0.1) is 52.8 Å². The van der Waals surface area contributed by atoms with E-state index < -0.39 is 0 Å². The topological polar surface area (TPSA) is 49.7 Å². The number of aliphatic imine (C=N–C) groups is 1. The molecular formula is C26H36N2O2S. The summed E-state index contributed by atoms with van der Waals surface area (Å²) in [6, 6.07) is 0. The molecule has 9 atom stereocenters. The summed E-state index contributed by atoms with van der Waals surface area (Å²) < 4.78 is 0. The fraction of sp³-hybridized carbons (Fsp3) is 0.885. The second-order valence-electron chi connectivity index (χ2n) is 12.3. The van der Waals surface area contributed by atoms with Crippen LogP contribution in [0.2, 0.25) is 0 Å². The lowest BCUT2D eigenvalue weighted by Crippen LogP contribution is -2.46. The van der Waals surface area contributed by atoms with E-state index in [1.165, 1.54) is 51.4 Å². The van der Waals surface area contributed by atoms with Crippen molar-refractivity contribution in [3.8, 4) is 0 Å². The van der Waals surface area contributed by atoms with Crippen LogP contribution in [0.25, 0.3) is 0 Å². The average molecular weight is 441 g/mol. The van der Waals surface area contributed by atoms with Gasteiger partial charge >= 0.3 is 0 Å². The van der Waals surface area contributed by atoms with E-state index in [0.29, 0.717) is 11.8 Å². The molecule has 0 radical (unpaired) electrons. The lowest BCUT2D eigenvalue weighted by atomic mass is 9.62. The summed E-state index contributed by atoms with van der Waals surface area (Å²) in [5.74, 6) is 6.73. The van der Waals surface area contributed by atoms with Crippen LogP contribution >= 0.6 is 11.8 Å². The van der Waals surface area contributed by atoms with Crippen molar-refractivity contribution in [1.29, 1.82) is 0 Å². The van der Waals surface area contributed by atoms with Gasteiger partial charge in [-0.3, -0.25) is 14.5 Å². The first-order chi connectivity index (χ1) is 15.1. The molecule has 5 bridgehead atoms. The maximum absolute atomic E-state index is 13.9. The minimum atomic E-state index is -0.135. The van der Waals surface area contributed by atoms with Gasteiger partial charge < -0.3 is 0 Å². The first-order valence-corrected chi connectivity index (χ1v) is 14.2. The van der Waals surface area contributed by atoms with E-state index >= 15 is 0 Å². The summed E-state index contributed by atoms with van der Waals surface area (Å²) in [5, 5.41) is 0.746. The number of hydrogen-bond acceptors (Lipinski definition) is 3. The third kappa shape index (κ3) is 2.97. The molecule has 7 rings (SSSR count). The molecule has 6 aliphatic carbocycles. The van der Waals surface area contributed by atoms with E-state index in [1.807, 2.05) is 4.90 Å². The van der Waals surface area contributed by atoms with Gasteiger partial charge in [0.05, 0.1) is 5.41 Å². The summed E-state index contributed by atoms with van der Waals surface area (Å²) >= 11 is 1.65. The van der Waals surface area contributed by atoms with E-state index in [4.69, 9.17) is 4.99 Å². The van der Waals surface area contributed by atoms with E-state index in [9.17, 15) is 9.59 Å². The molecule has 1 heterocycles. The van der Waals surface area contributed by atoms with E-state index in [0.717, 1.165) is 78.7 Å². The van der Waals surface area contributed by atoms with Crippen LogP contribution in [0.3, 0.4) is 0 Å². The smallest absolute Gasteiger partial charge is 0.251 e. The Morgan fingerprint density at radius 1 is 0.839 bits per heavy atom. The van der Waals surface area contributed by atoms with Crippen molar-refractivity contribution in [1.82, 2.24) is 4.90 Å². The van der Waals surface area contributed by atoms with Gasteiger partial charge in [0.2, 0.25) is 5.91 Å². The molecule has 0 N–H and O–H groups in total. The monoisotopic (exact) mass is 440 g/mol. The number of fused-ring (bicyclic) bond motifs is 3. The van der Waals surface area contributed by atoms with Crippen LogP contribution in [0.15, 0.2) is 4.99 Å². The molecule has 31 heavy (non-hydrogen) atoms. The molecule has 168 valence electrons. The molecule has 1 saturated heterocycles. The van der Waals surface area contributed by atoms with Gasteiger partial charge in [0.1, 0.15) is 0 Å². The Morgan fingerprint density at radius 3 is 2.58 bits per heavy atom. The lowest BCUT2D eigenvalue weighted by Gasteiger charge is -2.43. The normalized spacial score (nSPS) is 51.0. The van der Waals surface area contributed by atoms with Gasteiger partial charge in [-0.2, -0.15) is 4.99 Å². The molecular weight excluding hydrogens is 404 g/mol. The van der Waals surface area contributed by atoms with Crippen LogP contribution in [-0.2, 0) is 9.59 Å². The summed E-state index contributed by atoms with van der Waals surface area (Å²) in [6.07, 6.45) is 15.0. The highest BCUT2D eigenvalue weighted by molar-refractivity contribution is 8.14. The fourth-order valence-corrected chi connectivity index (χ4v) is 10.7. The molecule has 1 aliphatic heterocycles. The molecule has 7 aliphatic rings. The van der Waals surface area contributed by atoms with Crippen LogP contribution in [0.4, 0.5) is 0 Å². The first-order valence-electron chi connectivity index (χ1n) is 13.2. The molecule has 0 aromatic rings. The van der Waals surface area contributed by atoms with Crippen molar-refractivity contribution in [2.75, 3.05) is 12.3 Å². The number of carbonyl (C=O) groups is 2. The summed E-state index contributed by atoms with van der Waals surface area (Å²) in [5.41, 5.74) is -0.135. The molecule has 5 heteroatoms. The van der Waals surface area contributed by atoms with Crippen LogP contribution < -0.4 is 0 Å². The zero-order valence-corrected chi connectivity index (χ0v) is 19.5. The SMILES string of the molecule is O=C(N=C1SCCN1C(=O)C12CC3CCC(C1)C(C3)C2)C1CC2CCC3CCC1C3C2. The lowest BCUT2D eigenvalue weighted by molar-refractivity contribution is -0.139. The van der Waals surface area contributed by atoms with Gasteiger partial charge in [0, 0.05) is 18.2 Å². The number of thioether (sulfide) groups is 1. The Kier molecular flexibility index (Phi) is 4.48. The molecule has 9 unspecified atom stereocenters. The van der Waals surface area contributed by atoms with Crippen molar-refractivity contribution in [3.05, 3.63) is 0 Å². The molecule has 0 spiro atoms. The van der Waals surface area contributed by atoms with Crippen molar-refractivity contribution >= 4 is 28.7 Å². The Morgan fingerprint density at radius 2 is 1.65 bits per heavy atom. The first kappa shape index (κ1) is 19.6. The highest BCUT2D eigenvalue weighted by atomic mass is 32.2. The molecule has 7 fully saturated rings. The summed E-state index contributed by atoms with van der Waals surface area (Å²) in [4.78, 5) is 34.0. The number of carbonyl (C=O) groups excluding carboxylic acids is 2. The standard InChI is InChI=1S/C26H36N2O2S/c29-23(22-11-15-1-3-17-5-6-20(22)21(17)10-15)27-25-28(7-8-31-25)24(30)26-12-16-2-4-18(13-26)19(9-16)14-26/h15-22H,1-14H2. The summed E-state index contributed by atoms with van der Waals surface area (Å²) in [7, 11) is 0. The number of amidine groups is 1. The van der Waals surface area contributed by atoms with Gasteiger partial charge in [-0.05, 0) is 106 Å². The third-order valence-corrected chi connectivity index (χ3v) is 11.9. The molecule has 2 amide bonds. The molecule has 4 nitrogen and oxygen atoms in total. The van der Waals surface area contributed by atoms with Crippen LogP contribution in [-0.4, -0.2) is 34.2 Å². The Balaban J connectivity index is 1.12. The quantitative estimate of drug-likeness (QED) is 0.599. The second kappa shape index (κ2) is 7.08. The zero-order valence-electron chi connectivity index (χ0n) is 18.6. The van der Waals surface area contributed by atoms with E-state index in [1.54, 1.807) is 11.8 Å². The van der Waals surface area contributed by atoms with Gasteiger partial charge in [-0.15, -0.1) is 0 Å². The highest BCUT2D eigenvalue weighted by Crippen LogP contribution is 2.62. The molecule has 0 aromatic carbocycles. The Bertz CT molecular complexity index is 837. The second-order valence-corrected chi connectivity index (χ2v) is 13.4. The predicted molar refractivity (Wildman–Crippen MR) is 122 cm³/mol. The van der Waals surface area contributed by atoms with Gasteiger partial charge in [-0.1, -0.05) is 24.6 Å². The number of nitrogens with zero attached hydrogens (tertiary/aromatic N) is 2. The zero-order chi connectivity index (χ0) is 20.7. The fourth-order valence-electron chi connectivity index (χ4n) is 9.74. The van der Waals surface area contributed by atoms with Gasteiger partial charge in [-0.25, -0.2) is 0 Å². The average Bonchev–Trinajstić information content (AvgIpc) is 3.46. The maximum Gasteiger partial charge on any atom is 0.251 e. The number of amides is 2. The summed E-state index contributed by atoms with van der Waals surface area (Å²) in [6.45, 7) is 0.749. The van der Waals surface area contributed by atoms with Crippen molar-refractivity contribution < 1.29 is 9.59 Å². The maximum atomic E-state index is 13.9. The van der Waals surface area contributed by atoms with Gasteiger partial charge in [0.25, 0.3) is 5.91 Å². The number of rotatable bonds is 2. The van der Waals surface area contributed by atoms with Crippen molar-refractivity contribution in [2.24, 2.45) is 57.8 Å². The molecule has 6 saturated carbocycles.